The average molecular weight is 307 g/mol. The second kappa shape index (κ2) is 5.65. The molecule has 0 radical (unpaired) electrons. The maximum absolute atomic E-state index is 8.98. The molecular weight excluding hydrogens is 296 g/mol. The molecule has 0 unspecified atom stereocenters. The van der Waals surface area contributed by atoms with E-state index in [1.54, 1.807) is 13.0 Å². The Labute approximate surface area is 113 Å². The zero-order valence-corrected chi connectivity index (χ0v) is 11.4. The molecule has 1 heterocycles. The third kappa shape index (κ3) is 3.08. The number of halogens is 1. The third-order valence-corrected chi connectivity index (χ3v) is 2.83. The Balaban J connectivity index is 1.98. The maximum Gasteiger partial charge on any atom is 0.223 e. The first-order valence-electron chi connectivity index (χ1n) is 5.42. The molecule has 0 aliphatic carbocycles. The minimum atomic E-state index is 0.560. The van der Waals surface area contributed by atoms with Crippen molar-refractivity contribution in [2.24, 2.45) is 0 Å². The highest BCUT2D eigenvalue weighted by Crippen LogP contribution is 2.20. The van der Waals surface area contributed by atoms with Gasteiger partial charge in [-0.15, -0.1) is 0 Å². The van der Waals surface area contributed by atoms with Gasteiger partial charge in [0.1, 0.15) is 6.07 Å². The first kappa shape index (κ1) is 12.6. The molecule has 0 atom stereocenters. The predicted molar refractivity (Wildman–Crippen MR) is 70.1 cm³/mol. The van der Waals surface area contributed by atoms with Gasteiger partial charge in [0.15, 0.2) is 5.82 Å². The minimum absolute atomic E-state index is 0.560. The predicted octanol–water partition coefficient (Wildman–Crippen LogP) is 2.67. The van der Waals surface area contributed by atoms with Crippen LogP contribution in [0.4, 0.5) is 5.69 Å². The molecule has 0 aliphatic rings. The molecule has 6 heteroatoms. The van der Waals surface area contributed by atoms with E-state index in [2.05, 4.69) is 37.5 Å². The van der Waals surface area contributed by atoms with E-state index in [9.17, 15) is 0 Å². The molecule has 0 saturated heterocycles. The summed E-state index contributed by atoms with van der Waals surface area (Å²) in [6, 6.07) is 7.63. The fourth-order valence-corrected chi connectivity index (χ4v) is 1.87. The Kier molecular flexibility index (Phi) is 3.95. The van der Waals surface area contributed by atoms with Crippen molar-refractivity contribution in [2.75, 3.05) is 11.9 Å². The smallest absolute Gasteiger partial charge is 0.223 e. The van der Waals surface area contributed by atoms with Gasteiger partial charge in [0.25, 0.3) is 0 Å². The molecular formula is C12H11BrN4O. The number of aromatic nitrogens is 2. The standard InChI is InChI=1S/C12H11BrN4O/c1-8-16-12(17-18-8)4-5-15-11-6-10(13)3-2-9(11)7-14/h2-3,6,15H,4-5H2,1H3. The quantitative estimate of drug-likeness (QED) is 0.940. The van der Waals surface area contributed by atoms with Crippen LogP contribution in [0.2, 0.25) is 0 Å². The van der Waals surface area contributed by atoms with Crippen LogP contribution in [0.1, 0.15) is 17.3 Å². The van der Waals surface area contributed by atoms with E-state index in [1.807, 2.05) is 12.1 Å². The molecule has 1 aromatic carbocycles. The third-order valence-electron chi connectivity index (χ3n) is 2.34. The molecule has 2 aromatic rings. The number of aryl methyl sites for hydroxylation is 1. The van der Waals surface area contributed by atoms with Crippen molar-refractivity contribution in [3.63, 3.8) is 0 Å². The number of benzene rings is 1. The normalized spacial score (nSPS) is 10.1. The van der Waals surface area contributed by atoms with Crippen LogP contribution in [0.3, 0.4) is 0 Å². The Morgan fingerprint density at radius 1 is 1.50 bits per heavy atom. The Morgan fingerprint density at radius 2 is 2.33 bits per heavy atom. The number of hydrogen-bond donors (Lipinski definition) is 1. The molecule has 0 saturated carbocycles. The lowest BCUT2D eigenvalue weighted by atomic mass is 10.2. The van der Waals surface area contributed by atoms with Gasteiger partial charge in [-0.3, -0.25) is 0 Å². The summed E-state index contributed by atoms with van der Waals surface area (Å²) >= 11 is 3.38. The summed E-state index contributed by atoms with van der Waals surface area (Å²) < 4.78 is 5.81. The molecule has 0 fully saturated rings. The molecule has 5 nitrogen and oxygen atoms in total. The number of nitrogens with zero attached hydrogens (tertiary/aromatic N) is 3. The van der Waals surface area contributed by atoms with E-state index >= 15 is 0 Å². The van der Waals surface area contributed by atoms with Gasteiger partial charge in [0, 0.05) is 24.4 Å². The summed E-state index contributed by atoms with van der Waals surface area (Å²) in [5.41, 5.74) is 1.41. The Hall–Kier alpha value is -1.87. The highest BCUT2D eigenvalue weighted by molar-refractivity contribution is 9.10. The van der Waals surface area contributed by atoms with Crippen molar-refractivity contribution >= 4 is 21.6 Å². The van der Waals surface area contributed by atoms with E-state index in [1.165, 1.54) is 0 Å². The summed E-state index contributed by atoms with van der Waals surface area (Å²) in [7, 11) is 0. The minimum Gasteiger partial charge on any atom is -0.383 e. The fourth-order valence-electron chi connectivity index (χ4n) is 1.51. The van der Waals surface area contributed by atoms with Crippen LogP contribution in [0, 0.1) is 18.3 Å². The van der Waals surface area contributed by atoms with E-state index < -0.39 is 0 Å². The zero-order chi connectivity index (χ0) is 13.0. The molecule has 18 heavy (non-hydrogen) atoms. The number of nitriles is 1. The summed E-state index contributed by atoms with van der Waals surface area (Å²) in [5.74, 6) is 1.22. The molecule has 2 rings (SSSR count). The largest absolute Gasteiger partial charge is 0.383 e. The number of anilines is 1. The maximum atomic E-state index is 8.98. The van der Waals surface area contributed by atoms with Crippen molar-refractivity contribution in [1.29, 1.82) is 5.26 Å². The molecule has 92 valence electrons. The van der Waals surface area contributed by atoms with Gasteiger partial charge in [-0.1, -0.05) is 21.1 Å². The van der Waals surface area contributed by atoms with E-state index in [0.717, 1.165) is 10.2 Å². The topological polar surface area (TPSA) is 74.7 Å². The lowest BCUT2D eigenvalue weighted by Crippen LogP contribution is -2.07. The van der Waals surface area contributed by atoms with Gasteiger partial charge in [0.05, 0.1) is 11.3 Å². The summed E-state index contributed by atoms with van der Waals surface area (Å²) in [5, 5.41) is 16.0. The Bertz CT molecular complexity index is 588. The second-order valence-corrected chi connectivity index (χ2v) is 4.62. The lowest BCUT2D eigenvalue weighted by Gasteiger charge is -2.07. The van der Waals surface area contributed by atoms with Crippen molar-refractivity contribution in [1.82, 2.24) is 10.1 Å². The number of hydrogen-bond acceptors (Lipinski definition) is 5. The van der Waals surface area contributed by atoms with Gasteiger partial charge < -0.3 is 9.84 Å². The first-order valence-corrected chi connectivity index (χ1v) is 6.21. The SMILES string of the molecule is Cc1nc(CCNc2cc(Br)ccc2C#N)no1. The average Bonchev–Trinajstić information content (AvgIpc) is 2.75. The van der Waals surface area contributed by atoms with Crippen LogP contribution in [-0.4, -0.2) is 16.7 Å². The van der Waals surface area contributed by atoms with Gasteiger partial charge in [-0.05, 0) is 18.2 Å². The molecule has 1 aromatic heterocycles. The molecule has 0 amide bonds. The zero-order valence-electron chi connectivity index (χ0n) is 9.77. The van der Waals surface area contributed by atoms with Crippen molar-refractivity contribution in [3.8, 4) is 6.07 Å². The van der Waals surface area contributed by atoms with Crippen molar-refractivity contribution in [3.05, 3.63) is 40.0 Å². The monoisotopic (exact) mass is 306 g/mol. The van der Waals surface area contributed by atoms with Crippen LogP contribution >= 0.6 is 15.9 Å². The highest BCUT2D eigenvalue weighted by Gasteiger charge is 2.04. The summed E-state index contributed by atoms with van der Waals surface area (Å²) in [6.45, 7) is 2.40. The molecule has 0 bridgehead atoms. The summed E-state index contributed by atoms with van der Waals surface area (Å²) in [4.78, 5) is 4.11. The first-order chi connectivity index (χ1) is 8.69. The number of rotatable bonds is 4. The van der Waals surface area contributed by atoms with Crippen LogP contribution in [0.25, 0.3) is 0 Å². The van der Waals surface area contributed by atoms with Crippen LogP contribution in [0.15, 0.2) is 27.2 Å². The van der Waals surface area contributed by atoms with Gasteiger partial charge in [-0.25, -0.2) is 0 Å². The fraction of sp³-hybridized carbons (Fsp3) is 0.250. The van der Waals surface area contributed by atoms with Crippen molar-refractivity contribution in [2.45, 2.75) is 13.3 Å². The second-order valence-electron chi connectivity index (χ2n) is 3.71. The molecule has 1 N–H and O–H groups in total. The van der Waals surface area contributed by atoms with Gasteiger partial charge in [0.2, 0.25) is 5.89 Å². The Morgan fingerprint density at radius 3 is 3.00 bits per heavy atom. The van der Waals surface area contributed by atoms with Crippen molar-refractivity contribution < 1.29 is 4.52 Å². The van der Waals surface area contributed by atoms with E-state index in [-0.39, 0.29) is 0 Å². The van der Waals surface area contributed by atoms with Crippen LogP contribution in [0.5, 0.6) is 0 Å². The van der Waals surface area contributed by atoms with E-state index in [0.29, 0.717) is 30.2 Å². The number of nitrogens with one attached hydrogen (secondary N) is 1. The van der Waals surface area contributed by atoms with Gasteiger partial charge in [-0.2, -0.15) is 10.2 Å². The molecule has 0 spiro atoms. The van der Waals surface area contributed by atoms with E-state index in [4.69, 9.17) is 9.78 Å². The van der Waals surface area contributed by atoms with Crippen LogP contribution < -0.4 is 5.32 Å². The van der Waals surface area contributed by atoms with Crippen LogP contribution in [-0.2, 0) is 6.42 Å². The highest BCUT2D eigenvalue weighted by atomic mass is 79.9. The lowest BCUT2D eigenvalue weighted by molar-refractivity contribution is 0.387. The molecule has 0 aliphatic heterocycles. The van der Waals surface area contributed by atoms with Gasteiger partial charge >= 0.3 is 0 Å². The summed E-state index contributed by atoms with van der Waals surface area (Å²) in [6.07, 6.45) is 0.648.